The van der Waals surface area contributed by atoms with Gasteiger partial charge in [0.1, 0.15) is 29.6 Å². The highest BCUT2D eigenvalue weighted by Gasteiger charge is 2.35. The van der Waals surface area contributed by atoms with E-state index in [4.69, 9.17) is 9.47 Å². The number of nitriles is 1. The molecule has 2 aromatic carbocycles. The number of nitrogens with one attached hydrogen (secondary N) is 2. The van der Waals surface area contributed by atoms with E-state index in [1.807, 2.05) is 57.2 Å². The van der Waals surface area contributed by atoms with Gasteiger partial charge in [-0.3, -0.25) is 9.59 Å². The van der Waals surface area contributed by atoms with Gasteiger partial charge in [-0.25, -0.2) is 4.79 Å². The van der Waals surface area contributed by atoms with Crippen LogP contribution < -0.4 is 10.6 Å². The van der Waals surface area contributed by atoms with Gasteiger partial charge in [-0.15, -0.1) is 0 Å². The summed E-state index contributed by atoms with van der Waals surface area (Å²) in [5, 5.41) is 15.2. The molecule has 2 N–H and O–H groups in total. The molecule has 2 aromatic rings. The summed E-state index contributed by atoms with van der Waals surface area (Å²) in [6, 6.07) is 16.2. The number of alkyl carbamates (subject to hydrolysis) is 1. The van der Waals surface area contributed by atoms with Crippen LogP contribution in [0.4, 0.5) is 4.79 Å². The number of amides is 2. The Bertz CT molecular complexity index is 1340. The fraction of sp³-hybridized carbons (Fsp3) is 0.469. The molecule has 8 nitrogen and oxygen atoms in total. The molecule has 2 aliphatic rings. The van der Waals surface area contributed by atoms with Crippen molar-refractivity contribution in [2.75, 3.05) is 18.1 Å². The maximum atomic E-state index is 13.6. The van der Waals surface area contributed by atoms with E-state index in [-0.39, 0.29) is 17.4 Å². The third-order valence-corrected chi connectivity index (χ3v) is 9.74. The van der Waals surface area contributed by atoms with Crippen LogP contribution in [0.5, 0.6) is 0 Å². The molecule has 9 heteroatoms. The zero-order valence-corrected chi connectivity index (χ0v) is 25.2. The van der Waals surface area contributed by atoms with E-state index in [1.165, 1.54) is 6.92 Å². The van der Waals surface area contributed by atoms with Gasteiger partial charge in [0.15, 0.2) is 0 Å². The van der Waals surface area contributed by atoms with Crippen LogP contribution in [0.25, 0.3) is 11.1 Å². The molecule has 2 unspecified atom stereocenters. The van der Waals surface area contributed by atoms with Gasteiger partial charge in [0.2, 0.25) is 11.7 Å². The number of carbonyl (C=O) groups excluding carboxylic acids is 3. The minimum absolute atomic E-state index is 0.106. The van der Waals surface area contributed by atoms with E-state index in [0.29, 0.717) is 0 Å². The van der Waals surface area contributed by atoms with Gasteiger partial charge < -0.3 is 20.1 Å². The van der Waals surface area contributed by atoms with E-state index in [0.717, 1.165) is 46.6 Å². The fourth-order valence-corrected chi connectivity index (χ4v) is 7.70. The fourth-order valence-electron chi connectivity index (χ4n) is 5.44. The molecular formula is C32H39N3O5S. The first-order valence-electron chi connectivity index (χ1n) is 14.1. The highest BCUT2D eigenvalue weighted by molar-refractivity contribution is 8.17. The molecule has 218 valence electrons. The summed E-state index contributed by atoms with van der Waals surface area (Å²) in [4.78, 5) is 39.7. The molecule has 0 saturated carbocycles. The summed E-state index contributed by atoms with van der Waals surface area (Å²) >= 11 is 0. The second-order valence-electron chi connectivity index (χ2n) is 11.5. The predicted molar refractivity (Wildman–Crippen MR) is 162 cm³/mol. The monoisotopic (exact) mass is 577 g/mol. The lowest BCUT2D eigenvalue weighted by Gasteiger charge is -2.31. The summed E-state index contributed by atoms with van der Waals surface area (Å²) < 4.78 is 11.6. The van der Waals surface area contributed by atoms with Gasteiger partial charge in [0, 0.05) is 5.92 Å². The standard InChI is InChI=1S/C32H39N3O5S/c1-20(34-31(38)39-19-26-24-14-8-6-12-22(24)23-13-7-9-15-25(23)26)30(37)35-28(21(2)40-32(3,4)5)29(36)27(18-33)41-16-10-11-17-41/h6-9,12-15,20-21,26,28H,10-11,16-17,19H2,1-5H3,(H,34,38)(H,35,37)/t20?,21?,28-/m0/s1. The van der Waals surface area contributed by atoms with Crippen LogP contribution in [-0.2, 0) is 19.1 Å². The topological polar surface area (TPSA) is 118 Å². The number of ether oxygens (including phenoxy) is 2. The smallest absolute Gasteiger partial charge is 0.407 e. The van der Waals surface area contributed by atoms with Crippen LogP contribution in [0.1, 0.15) is 64.5 Å². The minimum atomic E-state index is -1.06. The average Bonchev–Trinajstić information content (AvgIpc) is 3.56. The number of nitrogens with zero attached hydrogens (tertiary/aromatic N) is 1. The number of rotatable bonds is 9. The van der Waals surface area contributed by atoms with E-state index < -0.39 is 52.1 Å². The molecule has 1 aliphatic heterocycles. The quantitative estimate of drug-likeness (QED) is 0.408. The molecule has 4 rings (SSSR count). The van der Waals surface area contributed by atoms with E-state index in [2.05, 4.69) is 28.8 Å². The highest BCUT2D eigenvalue weighted by atomic mass is 32.2. The minimum Gasteiger partial charge on any atom is -0.449 e. The van der Waals surface area contributed by atoms with Crippen molar-refractivity contribution < 1.29 is 23.9 Å². The highest BCUT2D eigenvalue weighted by Crippen LogP contribution is 2.44. The van der Waals surface area contributed by atoms with Crippen LogP contribution in [0.3, 0.4) is 0 Å². The van der Waals surface area contributed by atoms with Crippen LogP contribution in [0.15, 0.2) is 48.5 Å². The van der Waals surface area contributed by atoms with E-state index in [9.17, 15) is 19.6 Å². The Morgan fingerprint density at radius 1 is 0.976 bits per heavy atom. The van der Waals surface area contributed by atoms with Gasteiger partial charge in [0.25, 0.3) is 0 Å². The molecule has 1 saturated heterocycles. The van der Waals surface area contributed by atoms with Crippen molar-refractivity contribution in [3.8, 4) is 17.2 Å². The van der Waals surface area contributed by atoms with Crippen molar-refractivity contribution in [2.45, 2.75) is 77.2 Å². The summed E-state index contributed by atoms with van der Waals surface area (Å²) in [5.74, 6) is 0.531. The molecule has 41 heavy (non-hydrogen) atoms. The number of hydrogen-bond donors (Lipinski definition) is 2. The van der Waals surface area contributed by atoms with E-state index >= 15 is 0 Å². The number of fused-ring (bicyclic) bond motifs is 3. The Hall–Kier alpha value is -3.48. The lowest BCUT2D eigenvalue weighted by atomic mass is 9.98. The molecule has 2 amide bonds. The SMILES string of the molecule is CC(NC(=O)OCC1c2ccccc2-c2ccccc21)C(=O)N[C@H](C(=O)C(C#N)=S1CCCC1)C(C)OC(C)(C)C. The molecule has 0 aromatic heterocycles. The molecular weight excluding hydrogens is 538 g/mol. The molecule has 1 heterocycles. The second-order valence-corrected chi connectivity index (χ2v) is 13.7. The summed E-state index contributed by atoms with van der Waals surface area (Å²) in [7, 11) is -0.416. The lowest BCUT2D eigenvalue weighted by molar-refractivity contribution is -0.132. The molecule has 1 fully saturated rings. The summed E-state index contributed by atoms with van der Waals surface area (Å²) in [6.45, 7) is 8.95. The maximum Gasteiger partial charge on any atom is 0.407 e. The zero-order valence-electron chi connectivity index (χ0n) is 24.4. The third-order valence-electron chi connectivity index (χ3n) is 7.31. The largest absolute Gasteiger partial charge is 0.449 e. The lowest BCUT2D eigenvalue weighted by Crippen LogP contribution is -2.56. The van der Waals surface area contributed by atoms with Crippen molar-refractivity contribution in [1.82, 2.24) is 10.6 Å². The first kappa shape index (κ1) is 30.5. The Labute approximate surface area is 244 Å². The Kier molecular flexibility index (Phi) is 9.67. The van der Waals surface area contributed by atoms with Crippen molar-refractivity contribution in [3.05, 3.63) is 59.7 Å². The summed E-state index contributed by atoms with van der Waals surface area (Å²) in [6.07, 6.45) is 0.539. The van der Waals surface area contributed by atoms with Gasteiger partial charge in [-0.2, -0.15) is 15.7 Å². The maximum absolute atomic E-state index is 13.6. The predicted octanol–water partition coefficient (Wildman–Crippen LogP) is 4.93. The third kappa shape index (κ3) is 7.24. The van der Waals surface area contributed by atoms with Crippen LogP contribution in [-0.4, -0.2) is 64.5 Å². The number of carbonyl (C=O) groups is 3. The van der Waals surface area contributed by atoms with Gasteiger partial charge >= 0.3 is 6.09 Å². The molecule has 0 bridgehead atoms. The van der Waals surface area contributed by atoms with Gasteiger partial charge in [0.05, 0.1) is 11.7 Å². The van der Waals surface area contributed by atoms with Crippen LogP contribution in [0.2, 0.25) is 0 Å². The van der Waals surface area contributed by atoms with Crippen molar-refractivity contribution in [2.24, 2.45) is 0 Å². The Balaban J connectivity index is 1.41. The Morgan fingerprint density at radius 2 is 1.54 bits per heavy atom. The molecule has 1 aliphatic carbocycles. The van der Waals surface area contributed by atoms with E-state index in [1.54, 1.807) is 6.92 Å². The number of hydrogen-bond acceptors (Lipinski definition) is 6. The van der Waals surface area contributed by atoms with Gasteiger partial charge in [-0.1, -0.05) is 48.5 Å². The van der Waals surface area contributed by atoms with Crippen molar-refractivity contribution in [3.63, 3.8) is 0 Å². The normalized spacial score (nSPS) is 17.0. The summed E-state index contributed by atoms with van der Waals surface area (Å²) in [5.41, 5.74) is 3.86. The van der Waals surface area contributed by atoms with Gasteiger partial charge in [-0.05, 0) is 81.2 Å². The number of Topliss-reactive ketones (excluding diaryl/α,β-unsaturated/α-hetero) is 1. The zero-order chi connectivity index (χ0) is 29.7. The molecule has 0 radical (unpaired) electrons. The first-order valence-corrected chi connectivity index (χ1v) is 15.6. The van der Waals surface area contributed by atoms with Crippen molar-refractivity contribution in [1.29, 1.82) is 5.26 Å². The van der Waals surface area contributed by atoms with Crippen LogP contribution in [0, 0.1) is 11.3 Å². The second kappa shape index (κ2) is 13.0. The van der Waals surface area contributed by atoms with Crippen molar-refractivity contribution >= 4 is 33.1 Å². The first-order chi connectivity index (χ1) is 19.5. The Morgan fingerprint density at radius 3 is 2.07 bits per heavy atom. The van der Waals surface area contributed by atoms with Crippen LogP contribution >= 0.6 is 10.5 Å². The number of benzene rings is 2. The molecule has 3 atom stereocenters. The molecule has 0 spiro atoms. The number of ketones is 1. The average molecular weight is 578 g/mol.